The summed E-state index contributed by atoms with van der Waals surface area (Å²) in [7, 11) is 0. The van der Waals surface area contributed by atoms with Crippen molar-refractivity contribution in [3.05, 3.63) is 18.2 Å². The van der Waals surface area contributed by atoms with E-state index in [4.69, 9.17) is 4.74 Å². The number of cyclic esters (lactones) is 1. The highest BCUT2D eigenvalue weighted by atomic mass is 16.6. The molecule has 0 spiro atoms. The van der Waals surface area contributed by atoms with Crippen molar-refractivity contribution in [2.45, 2.75) is 52.0 Å². The van der Waals surface area contributed by atoms with Crippen molar-refractivity contribution in [2.75, 3.05) is 6.54 Å². The van der Waals surface area contributed by atoms with Gasteiger partial charge in [0.1, 0.15) is 5.82 Å². The molecule has 1 aliphatic rings. The molecule has 1 aromatic rings. The molecule has 1 saturated heterocycles. The largest absolute Gasteiger partial charge is 0.438 e. The normalized spacial score (nSPS) is 25.7. The summed E-state index contributed by atoms with van der Waals surface area (Å²) in [6.45, 7) is 8.18. The summed E-state index contributed by atoms with van der Waals surface area (Å²) in [5.41, 5.74) is -2.18. The molecular weight excluding hydrogens is 246 g/mol. The Bertz CT molecular complexity index is 479. The minimum absolute atomic E-state index is 0.451. The number of nitrogens with zero attached hydrogens (tertiary/aromatic N) is 3. The highest BCUT2D eigenvalue weighted by Crippen LogP contribution is 2.36. The van der Waals surface area contributed by atoms with Crippen LogP contribution in [0.4, 0.5) is 4.79 Å². The third kappa shape index (κ3) is 2.32. The van der Waals surface area contributed by atoms with Crippen molar-refractivity contribution in [1.29, 1.82) is 0 Å². The second kappa shape index (κ2) is 4.52. The molecule has 0 bridgehead atoms. The highest BCUT2D eigenvalue weighted by Gasteiger charge is 2.56. The molecule has 6 nitrogen and oxygen atoms in total. The van der Waals surface area contributed by atoms with E-state index < -0.39 is 17.4 Å². The SMILES string of the molecule is Cc1nccn1CCCN1C(=O)OC(C)(C)[C@@]1(C)O. The summed E-state index contributed by atoms with van der Waals surface area (Å²) in [5.74, 6) is 0.941. The van der Waals surface area contributed by atoms with Crippen LogP contribution in [0.1, 0.15) is 33.0 Å². The number of amides is 1. The second-order valence-corrected chi connectivity index (χ2v) is 5.57. The van der Waals surface area contributed by atoms with E-state index in [1.807, 2.05) is 17.7 Å². The number of imidazole rings is 1. The first kappa shape index (κ1) is 13.9. The van der Waals surface area contributed by atoms with Gasteiger partial charge in [-0.15, -0.1) is 0 Å². The zero-order chi connectivity index (χ0) is 14.3. The summed E-state index contributed by atoms with van der Waals surface area (Å²) in [6.07, 6.45) is 3.93. The molecule has 6 heteroatoms. The summed E-state index contributed by atoms with van der Waals surface area (Å²) >= 11 is 0. The van der Waals surface area contributed by atoms with Crippen LogP contribution >= 0.6 is 0 Å². The zero-order valence-corrected chi connectivity index (χ0v) is 11.9. The van der Waals surface area contributed by atoms with Crippen LogP contribution in [0.5, 0.6) is 0 Å². The lowest BCUT2D eigenvalue weighted by Crippen LogP contribution is -2.53. The fraction of sp³-hybridized carbons (Fsp3) is 0.692. The van der Waals surface area contributed by atoms with Crippen LogP contribution in [0.3, 0.4) is 0 Å². The molecule has 0 saturated carbocycles. The Balaban J connectivity index is 1.96. The van der Waals surface area contributed by atoms with Crippen LogP contribution in [0.25, 0.3) is 0 Å². The topological polar surface area (TPSA) is 67.6 Å². The predicted octanol–water partition coefficient (Wildman–Crippen LogP) is 1.52. The summed E-state index contributed by atoms with van der Waals surface area (Å²) in [6, 6.07) is 0. The lowest BCUT2D eigenvalue weighted by atomic mass is 9.96. The predicted molar refractivity (Wildman–Crippen MR) is 69.5 cm³/mol. The average Bonchev–Trinajstić information content (AvgIpc) is 2.74. The minimum atomic E-state index is -1.28. The van der Waals surface area contributed by atoms with Crippen LogP contribution in [0, 0.1) is 6.92 Å². The third-order valence-corrected chi connectivity index (χ3v) is 3.93. The fourth-order valence-electron chi connectivity index (χ4n) is 2.22. The number of hydrogen-bond acceptors (Lipinski definition) is 4. The standard InChI is InChI=1S/C13H21N3O3/c1-10-14-6-9-15(10)7-5-8-16-11(17)19-12(2,3)13(16,4)18/h6,9,18H,5,7-8H2,1-4H3/t13-/m1/s1. The van der Waals surface area contributed by atoms with Crippen molar-refractivity contribution in [2.24, 2.45) is 0 Å². The van der Waals surface area contributed by atoms with Gasteiger partial charge < -0.3 is 14.4 Å². The van der Waals surface area contributed by atoms with Gasteiger partial charge in [-0.05, 0) is 34.1 Å². The average molecular weight is 267 g/mol. The third-order valence-electron chi connectivity index (χ3n) is 3.93. The van der Waals surface area contributed by atoms with Gasteiger partial charge in [0.25, 0.3) is 0 Å². The Morgan fingerprint density at radius 1 is 1.37 bits per heavy atom. The van der Waals surface area contributed by atoms with Crippen molar-refractivity contribution in [1.82, 2.24) is 14.5 Å². The van der Waals surface area contributed by atoms with Crippen LogP contribution in [-0.2, 0) is 11.3 Å². The maximum atomic E-state index is 11.8. The molecule has 2 rings (SSSR count). The first-order valence-corrected chi connectivity index (χ1v) is 6.46. The number of carbonyl (C=O) groups excluding carboxylic acids is 1. The molecule has 0 unspecified atom stereocenters. The van der Waals surface area contributed by atoms with Crippen LogP contribution in [0.15, 0.2) is 12.4 Å². The lowest BCUT2D eigenvalue weighted by molar-refractivity contribution is -0.127. The molecule has 0 aliphatic carbocycles. The van der Waals surface area contributed by atoms with Crippen molar-refractivity contribution in [3.63, 3.8) is 0 Å². The zero-order valence-electron chi connectivity index (χ0n) is 11.9. The maximum absolute atomic E-state index is 11.8. The molecule has 0 radical (unpaired) electrons. The van der Waals surface area contributed by atoms with Crippen LogP contribution in [0.2, 0.25) is 0 Å². The molecule has 1 N–H and O–H groups in total. The van der Waals surface area contributed by atoms with E-state index >= 15 is 0 Å². The smallest absolute Gasteiger partial charge is 0.412 e. The fourth-order valence-corrected chi connectivity index (χ4v) is 2.22. The Kier molecular flexibility index (Phi) is 3.30. The minimum Gasteiger partial charge on any atom is -0.438 e. The number of rotatable bonds is 4. The number of aryl methyl sites for hydroxylation is 2. The molecule has 1 atom stereocenters. The Hall–Kier alpha value is -1.56. The molecule has 0 aromatic carbocycles. The quantitative estimate of drug-likeness (QED) is 0.898. The van der Waals surface area contributed by atoms with E-state index in [0.29, 0.717) is 6.54 Å². The molecule has 1 amide bonds. The van der Waals surface area contributed by atoms with Gasteiger partial charge in [-0.1, -0.05) is 0 Å². The van der Waals surface area contributed by atoms with Gasteiger partial charge in [0.15, 0.2) is 11.3 Å². The van der Waals surface area contributed by atoms with Gasteiger partial charge >= 0.3 is 6.09 Å². The Labute approximate surface area is 113 Å². The molecule has 19 heavy (non-hydrogen) atoms. The molecular formula is C13H21N3O3. The molecule has 1 aliphatic heterocycles. The monoisotopic (exact) mass is 267 g/mol. The van der Waals surface area contributed by atoms with Gasteiger partial charge in [-0.3, -0.25) is 4.90 Å². The first-order chi connectivity index (χ1) is 8.75. The number of carbonyl (C=O) groups is 1. The van der Waals surface area contributed by atoms with E-state index in [1.54, 1.807) is 27.0 Å². The number of ether oxygens (including phenoxy) is 1. The van der Waals surface area contributed by atoms with Gasteiger partial charge in [-0.25, -0.2) is 9.78 Å². The maximum Gasteiger partial charge on any atom is 0.412 e. The van der Waals surface area contributed by atoms with E-state index in [1.165, 1.54) is 4.90 Å². The molecule has 2 heterocycles. The van der Waals surface area contributed by atoms with Crippen molar-refractivity contribution < 1.29 is 14.6 Å². The summed E-state index contributed by atoms with van der Waals surface area (Å²) < 4.78 is 7.22. The second-order valence-electron chi connectivity index (χ2n) is 5.57. The molecule has 1 aromatic heterocycles. The summed E-state index contributed by atoms with van der Waals surface area (Å²) in [5, 5.41) is 10.4. The van der Waals surface area contributed by atoms with Gasteiger partial charge in [0.05, 0.1) is 0 Å². The van der Waals surface area contributed by atoms with E-state index in [0.717, 1.165) is 18.8 Å². The van der Waals surface area contributed by atoms with E-state index in [-0.39, 0.29) is 0 Å². The van der Waals surface area contributed by atoms with E-state index in [2.05, 4.69) is 4.98 Å². The first-order valence-electron chi connectivity index (χ1n) is 6.46. The summed E-state index contributed by atoms with van der Waals surface area (Å²) in [4.78, 5) is 17.3. The Morgan fingerprint density at radius 2 is 2.05 bits per heavy atom. The van der Waals surface area contributed by atoms with Crippen LogP contribution in [-0.4, -0.2) is 43.5 Å². The van der Waals surface area contributed by atoms with Crippen molar-refractivity contribution in [3.8, 4) is 0 Å². The van der Waals surface area contributed by atoms with Crippen molar-refractivity contribution >= 4 is 6.09 Å². The van der Waals surface area contributed by atoms with Gasteiger partial charge in [0.2, 0.25) is 0 Å². The van der Waals surface area contributed by atoms with Gasteiger partial charge in [0, 0.05) is 25.5 Å². The van der Waals surface area contributed by atoms with E-state index in [9.17, 15) is 9.90 Å². The van der Waals surface area contributed by atoms with Gasteiger partial charge in [-0.2, -0.15) is 0 Å². The lowest BCUT2D eigenvalue weighted by Gasteiger charge is -2.34. The number of aromatic nitrogens is 2. The number of aliphatic hydroxyl groups is 1. The highest BCUT2D eigenvalue weighted by molar-refractivity contribution is 5.72. The molecule has 1 fully saturated rings. The molecule has 106 valence electrons. The van der Waals surface area contributed by atoms with Crippen LogP contribution < -0.4 is 0 Å². The number of hydrogen-bond donors (Lipinski definition) is 1. The Morgan fingerprint density at radius 3 is 2.53 bits per heavy atom.